The summed E-state index contributed by atoms with van der Waals surface area (Å²) >= 11 is 0. The molecule has 0 saturated carbocycles. The van der Waals surface area contributed by atoms with E-state index in [2.05, 4.69) is 0 Å². The lowest BCUT2D eigenvalue weighted by Gasteiger charge is -2.39. The lowest BCUT2D eigenvalue weighted by molar-refractivity contribution is 0.0598. The summed E-state index contributed by atoms with van der Waals surface area (Å²) in [7, 11) is 0. The van der Waals surface area contributed by atoms with Crippen molar-refractivity contribution in [2.24, 2.45) is 11.1 Å². The molecule has 1 heterocycles. The van der Waals surface area contributed by atoms with E-state index in [9.17, 15) is 4.39 Å². The molecule has 1 unspecified atom stereocenters. The van der Waals surface area contributed by atoms with Crippen molar-refractivity contribution in [3.05, 3.63) is 11.8 Å². The van der Waals surface area contributed by atoms with Crippen molar-refractivity contribution in [2.75, 3.05) is 13.2 Å². The SMILES string of the molecule is CC(C)(C)C(F)(CN)C1=COCCC1. The fraction of sp³-hybridized carbons (Fsp3) is 0.818. The minimum absolute atomic E-state index is 0.0195. The van der Waals surface area contributed by atoms with Gasteiger partial charge in [0, 0.05) is 17.5 Å². The van der Waals surface area contributed by atoms with Crippen LogP contribution in [-0.4, -0.2) is 18.8 Å². The molecule has 0 saturated heterocycles. The van der Waals surface area contributed by atoms with Crippen LogP contribution < -0.4 is 5.73 Å². The summed E-state index contributed by atoms with van der Waals surface area (Å²) in [6.45, 7) is 6.32. The Morgan fingerprint density at radius 3 is 2.50 bits per heavy atom. The van der Waals surface area contributed by atoms with Crippen molar-refractivity contribution >= 4 is 0 Å². The molecule has 0 aromatic rings. The predicted molar refractivity (Wildman–Crippen MR) is 55.6 cm³/mol. The van der Waals surface area contributed by atoms with Crippen LogP contribution in [0.2, 0.25) is 0 Å². The molecule has 0 amide bonds. The molecule has 1 atom stereocenters. The van der Waals surface area contributed by atoms with E-state index in [1.165, 1.54) is 0 Å². The van der Waals surface area contributed by atoms with E-state index in [0.717, 1.165) is 12.8 Å². The molecular weight excluding hydrogens is 181 g/mol. The summed E-state index contributed by atoms with van der Waals surface area (Å²) in [5, 5.41) is 0. The first-order chi connectivity index (χ1) is 6.42. The zero-order valence-electron chi connectivity index (χ0n) is 9.27. The Morgan fingerprint density at radius 1 is 1.50 bits per heavy atom. The van der Waals surface area contributed by atoms with Crippen LogP contribution in [0.3, 0.4) is 0 Å². The zero-order chi connectivity index (χ0) is 10.8. The number of hydrogen-bond acceptors (Lipinski definition) is 2. The number of hydrogen-bond donors (Lipinski definition) is 1. The third-order valence-corrected chi connectivity index (χ3v) is 2.91. The second-order valence-corrected chi connectivity index (χ2v) is 4.87. The van der Waals surface area contributed by atoms with Gasteiger partial charge in [-0.05, 0) is 12.8 Å². The second kappa shape index (κ2) is 3.89. The Labute approximate surface area is 85.3 Å². The molecule has 2 nitrogen and oxygen atoms in total. The van der Waals surface area contributed by atoms with Crippen molar-refractivity contribution < 1.29 is 9.13 Å². The molecule has 2 N–H and O–H groups in total. The Morgan fingerprint density at radius 2 is 2.14 bits per heavy atom. The normalized spacial score (nSPS) is 22.2. The van der Waals surface area contributed by atoms with Crippen LogP contribution in [0.15, 0.2) is 11.8 Å². The number of alkyl halides is 1. The van der Waals surface area contributed by atoms with Crippen LogP contribution in [0.25, 0.3) is 0 Å². The Balaban J connectivity index is 2.94. The lowest BCUT2D eigenvalue weighted by atomic mass is 9.72. The second-order valence-electron chi connectivity index (χ2n) is 4.87. The van der Waals surface area contributed by atoms with Crippen LogP contribution in [0.4, 0.5) is 4.39 Å². The van der Waals surface area contributed by atoms with Crippen molar-refractivity contribution in [3.63, 3.8) is 0 Å². The monoisotopic (exact) mass is 201 g/mol. The molecule has 0 spiro atoms. The van der Waals surface area contributed by atoms with Crippen LogP contribution in [0.5, 0.6) is 0 Å². The average Bonchev–Trinajstić information content (AvgIpc) is 2.16. The van der Waals surface area contributed by atoms with Gasteiger partial charge in [-0.2, -0.15) is 0 Å². The van der Waals surface area contributed by atoms with Crippen molar-refractivity contribution in [1.29, 1.82) is 0 Å². The fourth-order valence-corrected chi connectivity index (χ4v) is 1.77. The smallest absolute Gasteiger partial charge is 0.152 e. The van der Waals surface area contributed by atoms with E-state index in [1.54, 1.807) is 6.26 Å². The molecule has 0 aromatic carbocycles. The standard InChI is InChI=1S/C11H20FNO/c1-10(2,3)11(12,8-13)9-5-4-6-14-7-9/h7H,4-6,8,13H2,1-3H3. The van der Waals surface area contributed by atoms with Crippen molar-refractivity contribution in [1.82, 2.24) is 0 Å². The van der Waals surface area contributed by atoms with Gasteiger partial charge in [0.05, 0.1) is 12.9 Å². The summed E-state index contributed by atoms with van der Waals surface area (Å²) < 4.78 is 19.8. The largest absolute Gasteiger partial charge is 0.501 e. The maximum atomic E-state index is 14.6. The molecule has 0 fully saturated rings. The van der Waals surface area contributed by atoms with E-state index in [1.807, 2.05) is 20.8 Å². The van der Waals surface area contributed by atoms with E-state index in [0.29, 0.717) is 12.2 Å². The van der Waals surface area contributed by atoms with Gasteiger partial charge in [-0.3, -0.25) is 0 Å². The highest BCUT2D eigenvalue weighted by Crippen LogP contribution is 2.41. The van der Waals surface area contributed by atoms with Crippen LogP contribution in [0, 0.1) is 5.41 Å². The highest BCUT2D eigenvalue weighted by Gasteiger charge is 2.44. The summed E-state index contributed by atoms with van der Waals surface area (Å²) in [5.74, 6) is 0. The Bertz CT molecular complexity index is 232. The van der Waals surface area contributed by atoms with E-state index < -0.39 is 11.1 Å². The van der Waals surface area contributed by atoms with Crippen molar-refractivity contribution in [2.45, 2.75) is 39.3 Å². The first kappa shape index (κ1) is 11.5. The van der Waals surface area contributed by atoms with Gasteiger partial charge in [0.2, 0.25) is 0 Å². The number of rotatable bonds is 2. The molecule has 0 aliphatic carbocycles. The highest BCUT2D eigenvalue weighted by atomic mass is 19.1. The third-order valence-electron chi connectivity index (χ3n) is 2.91. The van der Waals surface area contributed by atoms with Gasteiger partial charge >= 0.3 is 0 Å². The topological polar surface area (TPSA) is 35.2 Å². The van der Waals surface area contributed by atoms with E-state index in [4.69, 9.17) is 10.5 Å². The van der Waals surface area contributed by atoms with Crippen LogP contribution >= 0.6 is 0 Å². The minimum Gasteiger partial charge on any atom is -0.501 e. The summed E-state index contributed by atoms with van der Waals surface area (Å²) in [6.07, 6.45) is 3.19. The molecule has 1 rings (SSSR count). The predicted octanol–water partition coefficient (Wildman–Crippen LogP) is 2.39. The molecule has 3 heteroatoms. The quantitative estimate of drug-likeness (QED) is 0.744. The van der Waals surface area contributed by atoms with Crippen LogP contribution in [-0.2, 0) is 4.74 Å². The summed E-state index contributed by atoms with van der Waals surface area (Å²) in [6, 6.07) is 0. The van der Waals surface area contributed by atoms with Gasteiger partial charge in [-0.25, -0.2) is 4.39 Å². The maximum absolute atomic E-state index is 14.6. The van der Waals surface area contributed by atoms with Gasteiger partial charge in [0.1, 0.15) is 0 Å². The molecule has 0 aromatic heterocycles. The number of ether oxygens (including phenoxy) is 1. The summed E-state index contributed by atoms with van der Waals surface area (Å²) in [4.78, 5) is 0. The molecule has 82 valence electrons. The minimum atomic E-state index is -1.44. The van der Waals surface area contributed by atoms with Gasteiger partial charge in [0.25, 0.3) is 0 Å². The van der Waals surface area contributed by atoms with E-state index >= 15 is 0 Å². The molecule has 1 aliphatic heterocycles. The number of halogens is 1. The summed E-state index contributed by atoms with van der Waals surface area (Å²) in [5.41, 5.74) is 4.34. The van der Waals surface area contributed by atoms with Crippen LogP contribution in [0.1, 0.15) is 33.6 Å². The Hall–Kier alpha value is -0.570. The first-order valence-corrected chi connectivity index (χ1v) is 5.12. The molecule has 0 bridgehead atoms. The van der Waals surface area contributed by atoms with Gasteiger partial charge in [-0.1, -0.05) is 20.8 Å². The molecule has 14 heavy (non-hydrogen) atoms. The zero-order valence-corrected chi connectivity index (χ0v) is 9.27. The maximum Gasteiger partial charge on any atom is 0.152 e. The van der Waals surface area contributed by atoms with E-state index in [-0.39, 0.29) is 6.54 Å². The Kier molecular flexibility index (Phi) is 3.20. The van der Waals surface area contributed by atoms with Gasteiger partial charge in [0.15, 0.2) is 5.67 Å². The van der Waals surface area contributed by atoms with Gasteiger partial charge in [-0.15, -0.1) is 0 Å². The number of nitrogens with two attached hydrogens (primary N) is 1. The average molecular weight is 201 g/mol. The van der Waals surface area contributed by atoms with Gasteiger partial charge < -0.3 is 10.5 Å². The molecule has 1 aliphatic rings. The third kappa shape index (κ3) is 1.92. The fourth-order valence-electron chi connectivity index (χ4n) is 1.77. The highest BCUT2D eigenvalue weighted by molar-refractivity contribution is 5.21. The lowest BCUT2D eigenvalue weighted by Crippen LogP contribution is -2.47. The molecular formula is C11H20FNO. The molecule has 0 radical (unpaired) electrons. The van der Waals surface area contributed by atoms with Crippen molar-refractivity contribution in [3.8, 4) is 0 Å². The first-order valence-electron chi connectivity index (χ1n) is 5.12.